The molecule has 110 valence electrons. The fourth-order valence-electron chi connectivity index (χ4n) is 2.96. The molecule has 1 heterocycles. The lowest BCUT2D eigenvalue weighted by Crippen LogP contribution is -2.46. The fraction of sp³-hybridized carbons (Fsp3) is 0.867. The van der Waals surface area contributed by atoms with Crippen LogP contribution < -0.4 is 0 Å². The zero-order valence-corrected chi connectivity index (χ0v) is 12.6. The Morgan fingerprint density at radius 3 is 2.47 bits per heavy atom. The monoisotopic (exact) mass is 268 g/mol. The lowest BCUT2D eigenvalue weighted by molar-refractivity contribution is -0.136. The Labute approximate surface area is 116 Å². The number of hydrogen-bond donors (Lipinski definition) is 1. The Kier molecular flexibility index (Phi) is 6.89. The van der Waals surface area contributed by atoms with Crippen LogP contribution in [0.1, 0.15) is 59.3 Å². The first-order valence-corrected chi connectivity index (χ1v) is 7.67. The van der Waals surface area contributed by atoms with Crippen molar-refractivity contribution in [2.45, 2.75) is 59.3 Å². The number of amides is 1. The molecule has 4 heteroatoms. The summed E-state index contributed by atoms with van der Waals surface area (Å²) in [6.07, 6.45) is 5.73. The van der Waals surface area contributed by atoms with E-state index in [2.05, 4.69) is 25.9 Å². The van der Waals surface area contributed by atoms with E-state index >= 15 is 0 Å². The summed E-state index contributed by atoms with van der Waals surface area (Å²) < 4.78 is 0. The molecule has 1 N–H and O–H groups in total. The summed E-state index contributed by atoms with van der Waals surface area (Å²) >= 11 is 0. The van der Waals surface area contributed by atoms with Crippen molar-refractivity contribution in [2.24, 2.45) is 17.0 Å². The van der Waals surface area contributed by atoms with Gasteiger partial charge in [-0.05, 0) is 19.3 Å². The van der Waals surface area contributed by atoms with Crippen LogP contribution in [-0.4, -0.2) is 34.8 Å². The predicted octanol–water partition coefficient (Wildman–Crippen LogP) is 3.29. The summed E-state index contributed by atoms with van der Waals surface area (Å²) in [5, 5.41) is 12.4. The van der Waals surface area contributed by atoms with E-state index in [1.165, 1.54) is 0 Å². The maximum Gasteiger partial charge on any atom is 0.225 e. The van der Waals surface area contributed by atoms with E-state index in [0.29, 0.717) is 18.9 Å². The van der Waals surface area contributed by atoms with Crippen molar-refractivity contribution in [2.75, 3.05) is 13.1 Å². The first kappa shape index (κ1) is 16.0. The molecule has 0 spiro atoms. The van der Waals surface area contributed by atoms with Gasteiger partial charge in [-0.25, -0.2) is 0 Å². The minimum Gasteiger partial charge on any atom is -0.411 e. The molecular formula is C15H28N2O2. The zero-order chi connectivity index (χ0) is 14.3. The molecular weight excluding hydrogens is 240 g/mol. The van der Waals surface area contributed by atoms with E-state index in [1.54, 1.807) is 0 Å². The highest BCUT2D eigenvalue weighted by molar-refractivity contribution is 5.89. The highest BCUT2D eigenvalue weighted by atomic mass is 16.4. The van der Waals surface area contributed by atoms with Crippen LogP contribution >= 0.6 is 0 Å². The number of nitrogens with zero attached hydrogens (tertiary/aromatic N) is 2. The van der Waals surface area contributed by atoms with Gasteiger partial charge in [-0.2, -0.15) is 0 Å². The molecule has 19 heavy (non-hydrogen) atoms. The smallest absolute Gasteiger partial charge is 0.225 e. The van der Waals surface area contributed by atoms with Gasteiger partial charge in [-0.15, -0.1) is 0 Å². The standard InChI is InChI=1S/C15H28N2O2/c1-4-7-13(8-5-2)15(18)17-10-9-14(16-19)12(6-3)11-17/h12-13,19H,4-11H2,1-3H3. The van der Waals surface area contributed by atoms with Crippen molar-refractivity contribution >= 4 is 11.6 Å². The van der Waals surface area contributed by atoms with Gasteiger partial charge in [0, 0.05) is 31.3 Å². The third kappa shape index (κ3) is 4.22. The van der Waals surface area contributed by atoms with Crippen molar-refractivity contribution in [3.8, 4) is 0 Å². The number of carbonyl (C=O) groups is 1. The largest absolute Gasteiger partial charge is 0.411 e. The quantitative estimate of drug-likeness (QED) is 0.593. The minimum absolute atomic E-state index is 0.181. The van der Waals surface area contributed by atoms with Crippen LogP contribution in [0.4, 0.5) is 0 Å². The first-order chi connectivity index (χ1) is 9.17. The fourth-order valence-corrected chi connectivity index (χ4v) is 2.96. The van der Waals surface area contributed by atoms with Crippen LogP contribution in [0.5, 0.6) is 0 Å². The molecule has 1 unspecified atom stereocenters. The molecule has 1 fully saturated rings. The van der Waals surface area contributed by atoms with Crippen LogP contribution in [-0.2, 0) is 4.79 Å². The van der Waals surface area contributed by atoms with Gasteiger partial charge in [0.2, 0.25) is 5.91 Å². The van der Waals surface area contributed by atoms with Crippen LogP contribution in [0.15, 0.2) is 5.16 Å². The maximum atomic E-state index is 12.6. The van der Waals surface area contributed by atoms with Gasteiger partial charge in [-0.1, -0.05) is 38.8 Å². The lowest BCUT2D eigenvalue weighted by atomic mass is 9.90. The molecule has 1 aliphatic heterocycles. The van der Waals surface area contributed by atoms with Gasteiger partial charge >= 0.3 is 0 Å². The minimum atomic E-state index is 0.181. The van der Waals surface area contributed by atoms with Crippen LogP contribution in [0.2, 0.25) is 0 Å². The summed E-state index contributed by atoms with van der Waals surface area (Å²) in [6, 6.07) is 0. The van der Waals surface area contributed by atoms with Crippen LogP contribution in [0.25, 0.3) is 0 Å². The Morgan fingerprint density at radius 1 is 1.37 bits per heavy atom. The Morgan fingerprint density at radius 2 is 2.00 bits per heavy atom. The first-order valence-electron chi connectivity index (χ1n) is 7.67. The summed E-state index contributed by atoms with van der Waals surface area (Å²) in [6.45, 7) is 7.78. The third-order valence-electron chi connectivity index (χ3n) is 4.11. The normalized spacial score (nSPS) is 22.2. The molecule has 0 saturated carbocycles. The summed E-state index contributed by atoms with van der Waals surface area (Å²) in [4.78, 5) is 14.5. The van der Waals surface area contributed by atoms with E-state index in [4.69, 9.17) is 5.21 Å². The number of piperidine rings is 1. The van der Waals surface area contributed by atoms with E-state index in [0.717, 1.165) is 44.4 Å². The van der Waals surface area contributed by atoms with Crippen LogP contribution in [0, 0.1) is 11.8 Å². The van der Waals surface area contributed by atoms with E-state index in [9.17, 15) is 4.79 Å². The van der Waals surface area contributed by atoms with Gasteiger partial charge in [0.05, 0.1) is 5.71 Å². The maximum absolute atomic E-state index is 12.6. The Bertz CT molecular complexity index is 309. The van der Waals surface area contributed by atoms with Gasteiger partial charge in [0.15, 0.2) is 0 Å². The Hall–Kier alpha value is -1.06. The second kappa shape index (κ2) is 8.18. The average Bonchev–Trinajstić information content (AvgIpc) is 2.45. The third-order valence-corrected chi connectivity index (χ3v) is 4.11. The van der Waals surface area contributed by atoms with Gasteiger partial charge in [-0.3, -0.25) is 4.79 Å². The predicted molar refractivity (Wildman–Crippen MR) is 77.5 cm³/mol. The summed E-state index contributed by atoms with van der Waals surface area (Å²) in [5.74, 6) is 0.714. The second-order valence-electron chi connectivity index (χ2n) is 5.51. The molecule has 1 aliphatic rings. The molecule has 0 aliphatic carbocycles. The lowest BCUT2D eigenvalue weighted by Gasteiger charge is -2.35. The van der Waals surface area contributed by atoms with Crippen molar-refractivity contribution in [1.82, 2.24) is 4.90 Å². The zero-order valence-electron chi connectivity index (χ0n) is 12.6. The number of oxime groups is 1. The number of rotatable bonds is 6. The average molecular weight is 268 g/mol. The second-order valence-corrected chi connectivity index (χ2v) is 5.51. The molecule has 1 amide bonds. The molecule has 4 nitrogen and oxygen atoms in total. The molecule has 0 radical (unpaired) electrons. The molecule has 0 aromatic rings. The molecule has 1 rings (SSSR count). The van der Waals surface area contributed by atoms with Crippen molar-refractivity contribution < 1.29 is 10.0 Å². The van der Waals surface area contributed by atoms with Crippen molar-refractivity contribution in [3.63, 3.8) is 0 Å². The topological polar surface area (TPSA) is 52.9 Å². The SMILES string of the molecule is CCCC(CCC)C(=O)N1CCC(=NO)C(CC)C1. The molecule has 1 saturated heterocycles. The van der Waals surface area contributed by atoms with E-state index < -0.39 is 0 Å². The van der Waals surface area contributed by atoms with E-state index in [1.807, 2.05) is 4.90 Å². The van der Waals surface area contributed by atoms with Crippen LogP contribution in [0.3, 0.4) is 0 Å². The number of likely N-dealkylation sites (tertiary alicyclic amines) is 1. The number of hydrogen-bond acceptors (Lipinski definition) is 3. The molecule has 0 aromatic heterocycles. The van der Waals surface area contributed by atoms with E-state index in [-0.39, 0.29) is 11.8 Å². The summed E-state index contributed by atoms with van der Waals surface area (Å²) in [5.41, 5.74) is 0.856. The van der Waals surface area contributed by atoms with Gasteiger partial charge in [0.1, 0.15) is 0 Å². The van der Waals surface area contributed by atoms with Gasteiger partial charge in [0.25, 0.3) is 0 Å². The molecule has 1 atom stereocenters. The van der Waals surface area contributed by atoms with Crippen molar-refractivity contribution in [1.29, 1.82) is 0 Å². The Balaban J connectivity index is 2.66. The summed E-state index contributed by atoms with van der Waals surface area (Å²) in [7, 11) is 0. The van der Waals surface area contributed by atoms with Crippen molar-refractivity contribution in [3.05, 3.63) is 0 Å². The molecule has 0 bridgehead atoms. The van der Waals surface area contributed by atoms with Gasteiger partial charge < -0.3 is 10.1 Å². The molecule has 0 aromatic carbocycles. The highest BCUT2D eigenvalue weighted by Gasteiger charge is 2.30. The number of carbonyl (C=O) groups excluding carboxylic acids is 1. The highest BCUT2D eigenvalue weighted by Crippen LogP contribution is 2.22.